The minimum atomic E-state index is -0.272. The molecule has 0 aliphatic carbocycles. The SMILES string of the molecule is COc1cc2c(cc1OCc1ncc(C)o1)CCN1C[C@@H](CC(C)(C)C)[C@H](O)C[C@H]21. The van der Waals surface area contributed by atoms with E-state index in [9.17, 15) is 5.11 Å². The molecule has 3 heterocycles. The summed E-state index contributed by atoms with van der Waals surface area (Å²) in [7, 11) is 1.67. The first-order valence-electron chi connectivity index (χ1n) is 10.9. The fourth-order valence-electron chi connectivity index (χ4n) is 4.97. The number of aliphatic hydroxyl groups excluding tert-OH is 1. The molecule has 0 bridgehead atoms. The zero-order valence-electron chi connectivity index (χ0n) is 18.8. The molecule has 1 aromatic heterocycles. The van der Waals surface area contributed by atoms with Gasteiger partial charge in [0.15, 0.2) is 18.1 Å². The first-order valence-corrected chi connectivity index (χ1v) is 10.9. The van der Waals surface area contributed by atoms with Gasteiger partial charge in [-0.1, -0.05) is 20.8 Å². The molecule has 4 rings (SSSR count). The Hall–Kier alpha value is -2.05. The van der Waals surface area contributed by atoms with E-state index in [4.69, 9.17) is 13.9 Å². The number of piperidine rings is 1. The Morgan fingerprint density at radius 2 is 2.07 bits per heavy atom. The number of hydrogen-bond donors (Lipinski definition) is 1. The Morgan fingerprint density at radius 3 is 2.73 bits per heavy atom. The predicted molar refractivity (Wildman–Crippen MR) is 115 cm³/mol. The van der Waals surface area contributed by atoms with Gasteiger partial charge in [-0.2, -0.15) is 0 Å². The second kappa shape index (κ2) is 8.23. The third kappa shape index (κ3) is 4.49. The standard InChI is InChI=1S/C24H34N2O4/c1-15-12-25-23(30-15)14-29-22-8-16-6-7-26-13-17(11-24(2,3)4)20(27)10-19(26)18(16)9-21(22)28-5/h8-9,12,17,19-20,27H,6-7,10-11,13-14H2,1-5H3/t17-,19-,20-/m1/s1. The first-order chi connectivity index (χ1) is 14.2. The molecule has 164 valence electrons. The summed E-state index contributed by atoms with van der Waals surface area (Å²) in [6, 6.07) is 4.42. The van der Waals surface area contributed by atoms with E-state index in [1.165, 1.54) is 11.1 Å². The fraction of sp³-hybridized carbons (Fsp3) is 0.625. The van der Waals surface area contributed by atoms with Crippen molar-refractivity contribution in [3.63, 3.8) is 0 Å². The van der Waals surface area contributed by atoms with Crippen molar-refractivity contribution < 1.29 is 19.0 Å². The molecule has 1 fully saturated rings. The van der Waals surface area contributed by atoms with Crippen LogP contribution in [-0.2, 0) is 13.0 Å². The van der Waals surface area contributed by atoms with Crippen LogP contribution in [0.5, 0.6) is 11.5 Å². The summed E-state index contributed by atoms with van der Waals surface area (Å²) in [6.45, 7) is 10.9. The molecule has 1 aromatic carbocycles. The van der Waals surface area contributed by atoms with Crippen LogP contribution >= 0.6 is 0 Å². The van der Waals surface area contributed by atoms with Gasteiger partial charge in [-0.15, -0.1) is 0 Å². The fourth-order valence-corrected chi connectivity index (χ4v) is 4.97. The Kier molecular flexibility index (Phi) is 5.82. The highest BCUT2D eigenvalue weighted by Gasteiger charge is 2.39. The summed E-state index contributed by atoms with van der Waals surface area (Å²) < 4.78 is 17.1. The number of ether oxygens (including phenoxy) is 2. The van der Waals surface area contributed by atoms with Gasteiger partial charge in [-0.3, -0.25) is 4.90 Å². The normalized spacial score (nSPS) is 24.3. The number of aryl methyl sites for hydroxylation is 1. The molecule has 2 aliphatic rings. The van der Waals surface area contributed by atoms with Gasteiger partial charge in [0, 0.05) is 19.1 Å². The molecule has 30 heavy (non-hydrogen) atoms. The maximum atomic E-state index is 10.9. The smallest absolute Gasteiger partial charge is 0.232 e. The number of aliphatic hydroxyl groups is 1. The lowest BCUT2D eigenvalue weighted by atomic mass is 9.75. The van der Waals surface area contributed by atoms with Crippen molar-refractivity contribution in [2.45, 2.75) is 65.7 Å². The van der Waals surface area contributed by atoms with Crippen LogP contribution in [0.15, 0.2) is 22.7 Å². The highest BCUT2D eigenvalue weighted by atomic mass is 16.5. The molecule has 0 spiro atoms. The van der Waals surface area contributed by atoms with Crippen LogP contribution in [0, 0.1) is 18.3 Å². The van der Waals surface area contributed by atoms with Crippen LogP contribution in [0.25, 0.3) is 0 Å². The van der Waals surface area contributed by atoms with Crippen molar-refractivity contribution in [2.24, 2.45) is 11.3 Å². The average Bonchev–Trinajstić information content (AvgIpc) is 3.10. The predicted octanol–water partition coefficient (Wildman–Crippen LogP) is 4.29. The number of oxazole rings is 1. The van der Waals surface area contributed by atoms with Crippen molar-refractivity contribution in [1.29, 1.82) is 0 Å². The monoisotopic (exact) mass is 414 g/mol. The topological polar surface area (TPSA) is 68.0 Å². The molecule has 0 unspecified atom stereocenters. The van der Waals surface area contributed by atoms with Gasteiger partial charge < -0.3 is 19.0 Å². The van der Waals surface area contributed by atoms with E-state index >= 15 is 0 Å². The van der Waals surface area contributed by atoms with Crippen LogP contribution in [0.1, 0.15) is 62.4 Å². The van der Waals surface area contributed by atoms with Crippen LogP contribution in [0.2, 0.25) is 0 Å². The van der Waals surface area contributed by atoms with E-state index in [0.29, 0.717) is 23.3 Å². The lowest BCUT2D eigenvalue weighted by molar-refractivity contribution is -0.0259. The third-order valence-electron chi connectivity index (χ3n) is 6.27. The van der Waals surface area contributed by atoms with Crippen molar-refractivity contribution in [1.82, 2.24) is 9.88 Å². The molecule has 2 aromatic rings. The summed E-state index contributed by atoms with van der Waals surface area (Å²) in [5, 5.41) is 10.9. The highest BCUT2D eigenvalue weighted by Crippen LogP contribution is 2.44. The van der Waals surface area contributed by atoms with Gasteiger partial charge in [-0.05, 0) is 60.8 Å². The molecule has 1 saturated heterocycles. The number of aromatic nitrogens is 1. The van der Waals surface area contributed by atoms with Crippen molar-refractivity contribution in [3.05, 3.63) is 41.1 Å². The molecule has 6 heteroatoms. The van der Waals surface area contributed by atoms with Gasteiger partial charge in [0.2, 0.25) is 5.89 Å². The summed E-state index contributed by atoms with van der Waals surface area (Å²) in [5.41, 5.74) is 2.76. The van der Waals surface area contributed by atoms with Gasteiger partial charge in [-0.25, -0.2) is 4.98 Å². The first kappa shape index (κ1) is 21.2. The number of hydrogen-bond acceptors (Lipinski definition) is 6. The number of rotatable bonds is 5. The summed E-state index contributed by atoms with van der Waals surface area (Å²) in [6.07, 6.45) is 4.21. The Morgan fingerprint density at radius 1 is 1.27 bits per heavy atom. The summed E-state index contributed by atoms with van der Waals surface area (Å²) in [5.74, 6) is 3.08. The Bertz CT molecular complexity index is 886. The lowest BCUT2D eigenvalue weighted by Gasteiger charge is -2.47. The van der Waals surface area contributed by atoms with E-state index in [1.54, 1.807) is 13.3 Å². The molecule has 3 atom stereocenters. The highest BCUT2D eigenvalue weighted by molar-refractivity contribution is 5.49. The molecular formula is C24H34N2O4. The zero-order valence-corrected chi connectivity index (χ0v) is 18.8. The average molecular weight is 415 g/mol. The minimum Gasteiger partial charge on any atom is -0.493 e. The molecule has 0 amide bonds. The van der Waals surface area contributed by atoms with Gasteiger partial charge in [0.05, 0.1) is 19.4 Å². The van der Waals surface area contributed by atoms with E-state index < -0.39 is 0 Å². The Balaban J connectivity index is 1.53. The largest absolute Gasteiger partial charge is 0.493 e. The van der Waals surface area contributed by atoms with E-state index in [-0.39, 0.29) is 24.2 Å². The van der Waals surface area contributed by atoms with E-state index in [1.807, 2.05) is 6.92 Å². The number of nitrogens with zero attached hydrogens (tertiary/aromatic N) is 2. The molecule has 0 radical (unpaired) electrons. The van der Waals surface area contributed by atoms with Crippen molar-refractivity contribution >= 4 is 0 Å². The summed E-state index contributed by atoms with van der Waals surface area (Å²) >= 11 is 0. The maximum absolute atomic E-state index is 10.9. The quantitative estimate of drug-likeness (QED) is 0.787. The van der Waals surface area contributed by atoms with Gasteiger partial charge in [0.25, 0.3) is 0 Å². The molecular weight excluding hydrogens is 380 g/mol. The zero-order chi connectivity index (χ0) is 21.5. The Labute approximate surface area is 179 Å². The minimum absolute atomic E-state index is 0.225. The van der Waals surface area contributed by atoms with Crippen molar-refractivity contribution in [3.8, 4) is 11.5 Å². The number of fused-ring (bicyclic) bond motifs is 3. The van der Waals surface area contributed by atoms with Crippen LogP contribution in [-0.4, -0.2) is 41.3 Å². The maximum Gasteiger partial charge on any atom is 0.232 e. The van der Waals surface area contributed by atoms with Gasteiger partial charge in [0.1, 0.15) is 5.76 Å². The van der Waals surface area contributed by atoms with E-state index in [0.717, 1.165) is 38.1 Å². The summed E-state index contributed by atoms with van der Waals surface area (Å²) in [4.78, 5) is 6.74. The lowest BCUT2D eigenvalue weighted by Crippen LogP contribution is -2.48. The van der Waals surface area contributed by atoms with Crippen LogP contribution < -0.4 is 9.47 Å². The number of benzene rings is 1. The molecule has 0 saturated carbocycles. The van der Waals surface area contributed by atoms with E-state index in [2.05, 4.69) is 42.8 Å². The molecule has 2 aliphatic heterocycles. The van der Waals surface area contributed by atoms with Gasteiger partial charge >= 0.3 is 0 Å². The number of methoxy groups -OCH3 is 1. The van der Waals surface area contributed by atoms with Crippen molar-refractivity contribution in [2.75, 3.05) is 20.2 Å². The second-order valence-electron chi connectivity index (χ2n) is 9.94. The second-order valence-corrected chi connectivity index (χ2v) is 9.94. The molecule has 1 N–H and O–H groups in total. The molecule has 6 nitrogen and oxygen atoms in total. The van der Waals surface area contributed by atoms with Crippen LogP contribution in [0.4, 0.5) is 0 Å². The third-order valence-corrected chi connectivity index (χ3v) is 6.27. The van der Waals surface area contributed by atoms with Crippen LogP contribution in [0.3, 0.4) is 0 Å².